The van der Waals surface area contributed by atoms with Gasteiger partial charge in [0, 0.05) is 19.6 Å². The van der Waals surface area contributed by atoms with Crippen LogP contribution in [0.3, 0.4) is 0 Å². The third-order valence-corrected chi connectivity index (χ3v) is 2.05. The van der Waals surface area contributed by atoms with E-state index in [-0.39, 0.29) is 5.78 Å². The van der Waals surface area contributed by atoms with E-state index in [0.717, 1.165) is 26.1 Å². The van der Waals surface area contributed by atoms with Gasteiger partial charge in [-0.15, -0.1) is 0 Å². The minimum Gasteiger partial charge on any atom is -0.381 e. The highest BCUT2D eigenvalue weighted by Gasteiger charge is 2.15. The molecule has 0 spiro atoms. The number of ether oxygens (including phenoxy) is 1. The number of rotatable bonds is 4. The first-order valence-electron chi connectivity index (χ1n) is 4.06. The predicted octanol–water partition coefficient (Wildman–Crippen LogP) is 1.56. The Hall–Kier alpha value is -0.630. The van der Waals surface area contributed by atoms with Crippen LogP contribution in [-0.2, 0) is 9.53 Å². The molecule has 0 aromatic carbocycles. The minimum atomic E-state index is 0.150. The van der Waals surface area contributed by atoms with Crippen LogP contribution in [0.1, 0.15) is 19.3 Å². The highest BCUT2D eigenvalue weighted by Crippen LogP contribution is 2.17. The highest BCUT2D eigenvalue weighted by molar-refractivity contribution is 5.88. The highest BCUT2D eigenvalue weighted by atomic mass is 16.5. The first-order chi connectivity index (χ1) is 5.33. The van der Waals surface area contributed by atoms with Gasteiger partial charge in [0.25, 0.3) is 0 Å². The van der Waals surface area contributed by atoms with Crippen molar-refractivity contribution in [2.45, 2.75) is 19.3 Å². The monoisotopic (exact) mass is 154 g/mol. The summed E-state index contributed by atoms with van der Waals surface area (Å²) in [6, 6.07) is 0. The van der Waals surface area contributed by atoms with Crippen LogP contribution in [0.2, 0.25) is 0 Å². The molecule has 2 nitrogen and oxygen atoms in total. The van der Waals surface area contributed by atoms with E-state index >= 15 is 0 Å². The van der Waals surface area contributed by atoms with Gasteiger partial charge in [-0.25, -0.2) is 0 Å². The Morgan fingerprint density at radius 1 is 1.73 bits per heavy atom. The van der Waals surface area contributed by atoms with Crippen LogP contribution in [-0.4, -0.2) is 19.0 Å². The molecule has 0 bridgehead atoms. The van der Waals surface area contributed by atoms with E-state index in [2.05, 4.69) is 6.58 Å². The fourth-order valence-corrected chi connectivity index (χ4v) is 1.26. The summed E-state index contributed by atoms with van der Waals surface area (Å²) < 4.78 is 5.19. The lowest BCUT2D eigenvalue weighted by Gasteiger charge is -2.03. The molecule has 1 rings (SSSR count). The van der Waals surface area contributed by atoms with Gasteiger partial charge in [-0.05, 0) is 24.8 Å². The maximum absolute atomic E-state index is 10.8. The number of carbonyl (C=O) groups is 1. The van der Waals surface area contributed by atoms with E-state index in [0.29, 0.717) is 12.3 Å². The molecule has 1 heterocycles. The molecule has 1 aliphatic heterocycles. The second-order valence-corrected chi connectivity index (χ2v) is 2.94. The molecule has 62 valence electrons. The Kier molecular flexibility index (Phi) is 3.30. The van der Waals surface area contributed by atoms with Crippen molar-refractivity contribution in [1.82, 2.24) is 0 Å². The molecule has 1 atom stereocenters. The van der Waals surface area contributed by atoms with Crippen molar-refractivity contribution in [3.63, 3.8) is 0 Å². The van der Waals surface area contributed by atoms with Gasteiger partial charge in [0.2, 0.25) is 0 Å². The molecule has 0 N–H and O–H groups in total. The Bertz CT molecular complexity index is 146. The van der Waals surface area contributed by atoms with E-state index < -0.39 is 0 Å². The summed E-state index contributed by atoms with van der Waals surface area (Å²) in [5, 5.41) is 0. The topological polar surface area (TPSA) is 26.3 Å². The van der Waals surface area contributed by atoms with Crippen molar-refractivity contribution in [3.05, 3.63) is 12.7 Å². The van der Waals surface area contributed by atoms with Gasteiger partial charge in [0.05, 0.1) is 0 Å². The second kappa shape index (κ2) is 4.29. The molecule has 1 aliphatic rings. The lowest BCUT2D eigenvalue weighted by atomic mass is 10.0. The quantitative estimate of drug-likeness (QED) is 0.574. The molecule has 2 heteroatoms. The van der Waals surface area contributed by atoms with Crippen molar-refractivity contribution in [3.8, 4) is 0 Å². The fraction of sp³-hybridized carbons (Fsp3) is 0.667. The van der Waals surface area contributed by atoms with Gasteiger partial charge < -0.3 is 4.74 Å². The molecule has 0 aromatic heterocycles. The Morgan fingerprint density at radius 3 is 3.09 bits per heavy atom. The lowest BCUT2D eigenvalue weighted by molar-refractivity contribution is -0.114. The van der Waals surface area contributed by atoms with Crippen LogP contribution < -0.4 is 0 Å². The summed E-state index contributed by atoms with van der Waals surface area (Å²) in [6.07, 6.45) is 4.11. The molecule has 1 saturated heterocycles. The number of carbonyl (C=O) groups excluding carboxylic acids is 1. The van der Waals surface area contributed by atoms with Crippen molar-refractivity contribution in [2.24, 2.45) is 5.92 Å². The first kappa shape index (κ1) is 8.47. The molecular formula is C9H14O2. The average molecular weight is 154 g/mol. The van der Waals surface area contributed by atoms with Crippen LogP contribution in [0.4, 0.5) is 0 Å². The van der Waals surface area contributed by atoms with Gasteiger partial charge in [0.15, 0.2) is 5.78 Å². The average Bonchev–Trinajstić information content (AvgIpc) is 2.52. The largest absolute Gasteiger partial charge is 0.381 e. The first-order valence-corrected chi connectivity index (χ1v) is 4.06. The predicted molar refractivity (Wildman–Crippen MR) is 43.4 cm³/mol. The van der Waals surface area contributed by atoms with Gasteiger partial charge in [-0.1, -0.05) is 6.58 Å². The van der Waals surface area contributed by atoms with Crippen LogP contribution in [0, 0.1) is 5.92 Å². The summed E-state index contributed by atoms with van der Waals surface area (Å²) in [5.74, 6) is 0.760. The van der Waals surface area contributed by atoms with E-state index in [1.54, 1.807) is 0 Å². The molecule has 0 amide bonds. The van der Waals surface area contributed by atoms with Gasteiger partial charge >= 0.3 is 0 Å². The third-order valence-electron chi connectivity index (χ3n) is 2.05. The third kappa shape index (κ3) is 2.85. The standard InChI is InChI=1S/C9H14O2/c1-2-9(10)4-3-8-5-6-11-7-8/h2,8H,1,3-7H2. The summed E-state index contributed by atoms with van der Waals surface area (Å²) in [6.45, 7) is 5.13. The Balaban J connectivity index is 2.10. The van der Waals surface area contributed by atoms with Crippen molar-refractivity contribution in [2.75, 3.05) is 13.2 Å². The molecule has 1 unspecified atom stereocenters. The molecule has 1 fully saturated rings. The molecule has 0 aromatic rings. The second-order valence-electron chi connectivity index (χ2n) is 2.94. The summed E-state index contributed by atoms with van der Waals surface area (Å²) in [4.78, 5) is 10.8. The van der Waals surface area contributed by atoms with Crippen LogP contribution in [0.5, 0.6) is 0 Å². The smallest absolute Gasteiger partial charge is 0.155 e. The van der Waals surface area contributed by atoms with E-state index in [9.17, 15) is 4.79 Å². The molecule has 0 aliphatic carbocycles. The van der Waals surface area contributed by atoms with Crippen molar-refractivity contribution in [1.29, 1.82) is 0 Å². The number of allylic oxidation sites excluding steroid dienone is 1. The van der Waals surface area contributed by atoms with Gasteiger partial charge in [-0.3, -0.25) is 4.79 Å². The summed E-state index contributed by atoms with van der Waals surface area (Å²) >= 11 is 0. The van der Waals surface area contributed by atoms with Gasteiger partial charge in [-0.2, -0.15) is 0 Å². The van der Waals surface area contributed by atoms with E-state index in [1.807, 2.05) is 0 Å². The number of ketones is 1. The Morgan fingerprint density at radius 2 is 2.55 bits per heavy atom. The van der Waals surface area contributed by atoms with Crippen LogP contribution in [0.15, 0.2) is 12.7 Å². The SMILES string of the molecule is C=CC(=O)CCC1CCOC1. The zero-order valence-electron chi connectivity index (χ0n) is 6.71. The van der Waals surface area contributed by atoms with E-state index in [4.69, 9.17) is 4.74 Å². The Labute approximate surface area is 67.2 Å². The molecule has 0 radical (unpaired) electrons. The summed E-state index contributed by atoms with van der Waals surface area (Å²) in [7, 11) is 0. The van der Waals surface area contributed by atoms with Gasteiger partial charge in [0.1, 0.15) is 0 Å². The summed E-state index contributed by atoms with van der Waals surface area (Å²) in [5.41, 5.74) is 0. The van der Waals surface area contributed by atoms with Crippen molar-refractivity contribution < 1.29 is 9.53 Å². The minimum absolute atomic E-state index is 0.150. The molecular weight excluding hydrogens is 140 g/mol. The maximum Gasteiger partial charge on any atom is 0.155 e. The van der Waals surface area contributed by atoms with Crippen LogP contribution >= 0.6 is 0 Å². The number of hydrogen-bond acceptors (Lipinski definition) is 2. The normalized spacial score (nSPS) is 23.5. The number of hydrogen-bond donors (Lipinski definition) is 0. The van der Waals surface area contributed by atoms with Crippen LogP contribution in [0.25, 0.3) is 0 Å². The molecule has 0 saturated carbocycles. The maximum atomic E-state index is 10.8. The van der Waals surface area contributed by atoms with Crippen molar-refractivity contribution >= 4 is 5.78 Å². The lowest BCUT2D eigenvalue weighted by Crippen LogP contribution is -2.02. The zero-order chi connectivity index (χ0) is 8.10. The fourth-order valence-electron chi connectivity index (χ4n) is 1.26. The molecule has 11 heavy (non-hydrogen) atoms. The van der Waals surface area contributed by atoms with E-state index in [1.165, 1.54) is 6.08 Å². The zero-order valence-corrected chi connectivity index (χ0v) is 6.71.